The fourth-order valence-electron chi connectivity index (χ4n) is 4.14. The largest absolute Gasteiger partial charge is 0.481 e. The van der Waals surface area contributed by atoms with Crippen LogP contribution in [0, 0.1) is 0 Å². The maximum Gasteiger partial charge on any atom is 0.256 e. The number of ether oxygens (including phenoxy) is 1. The molecular formula is C20H27N5O2. The zero-order valence-corrected chi connectivity index (χ0v) is 16.0. The first-order valence-electron chi connectivity index (χ1n) is 9.72. The van der Waals surface area contributed by atoms with Crippen LogP contribution >= 0.6 is 0 Å². The number of pyridine rings is 1. The number of nitrogens with zero attached hydrogens (tertiary/aromatic N) is 4. The van der Waals surface area contributed by atoms with Crippen LogP contribution in [-0.4, -0.2) is 44.5 Å². The quantitative estimate of drug-likeness (QED) is 0.811. The molecule has 27 heavy (non-hydrogen) atoms. The Morgan fingerprint density at radius 2 is 2.19 bits per heavy atom. The standard InChI is InChI=1S/C20H27N5O2/c1-14(11-24-8-7-21-13-24)22-10-15-9-17-18(23-19(15)27-2)12-25(20(17)26)16-5-3-4-6-16/h7-9,13-14,16,22H,3-6,10-12H2,1-2H3/t14-/m1/s1. The average Bonchev–Trinajstić information content (AvgIpc) is 3.41. The first kappa shape index (κ1) is 18.0. The van der Waals surface area contributed by atoms with E-state index in [4.69, 9.17) is 4.74 Å². The van der Waals surface area contributed by atoms with Crippen molar-refractivity contribution >= 4 is 5.91 Å². The van der Waals surface area contributed by atoms with Gasteiger partial charge in [-0.05, 0) is 25.8 Å². The van der Waals surface area contributed by atoms with Crippen molar-refractivity contribution in [3.63, 3.8) is 0 Å². The van der Waals surface area contributed by atoms with Crippen molar-refractivity contribution < 1.29 is 9.53 Å². The molecule has 0 unspecified atom stereocenters. The van der Waals surface area contributed by atoms with Crippen LogP contribution in [0.2, 0.25) is 0 Å². The molecule has 1 atom stereocenters. The number of imidazole rings is 1. The number of rotatable bonds is 7. The monoisotopic (exact) mass is 369 g/mol. The first-order valence-corrected chi connectivity index (χ1v) is 9.72. The Labute approximate surface area is 159 Å². The number of fused-ring (bicyclic) bond motifs is 1. The summed E-state index contributed by atoms with van der Waals surface area (Å²) in [5, 5.41) is 3.49. The van der Waals surface area contributed by atoms with Gasteiger partial charge in [0.15, 0.2) is 0 Å². The molecule has 0 radical (unpaired) electrons. The van der Waals surface area contributed by atoms with Gasteiger partial charge in [-0.1, -0.05) is 12.8 Å². The molecule has 3 heterocycles. The smallest absolute Gasteiger partial charge is 0.256 e. The van der Waals surface area contributed by atoms with E-state index in [0.29, 0.717) is 25.0 Å². The Morgan fingerprint density at radius 3 is 2.89 bits per heavy atom. The van der Waals surface area contributed by atoms with Gasteiger partial charge in [-0.2, -0.15) is 0 Å². The predicted octanol–water partition coefficient (Wildman–Crippen LogP) is 2.36. The van der Waals surface area contributed by atoms with Crippen LogP contribution < -0.4 is 10.1 Å². The fourth-order valence-corrected chi connectivity index (χ4v) is 4.14. The summed E-state index contributed by atoms with van der Waals surface area (Å²) in [6.07, 6.45) is 10.2. The van der Waals surface area contributed by atoms with Crippen molar-refractivity contribution in [3.8, 4) is 5.88 Å². The molecule has 0 aromatic carbocycles. The van der Waals surface area contributed by atoms with E-state index in [1.165, 1.54) is 12.8 Å². The summed E-state index contributed by atoms with van der Waals surface area (Å²) in [6, 6.07) is 2.59. The number of carbonyl (C=O) groups is 1. The first-order chi connectivity index (χ1) is 13.2. The molecule has 2 aromatic heterocycles. The highest BCUT2D eigenvalue weighted by Gasteiger charge is 2.35. The van der Waals surface area contributed by atoms with E-state index < -0.39 is 0 Å². The zero-order chi connectivity index (χ0) is 18.8. The van der Waals surface area contributed by atoms with Crippen LogP contribution in [0.25, 0.3) is 0 Å². The minimum absolute atomic E-state index is 0.125. The van der Waals surface area contributed by atoms with Crippen LogP contribution in [-0.2, 0) is 19.6 Å². The average molecular weight is 369 g/mol. The van der Waals surface area contributed by atoms with Gasteiger partial charge in [-0.3, -0.25) is 4.79 Å². The molecule has 0 spiro atoms. The number of aromatic nitrogens is 3. The van der Waals surface area contributed by atoms with Crippen LogP contribution in [0.3, 0.4) is 0 Å². The Kier molecular flexibility index (Phi) is 5.11. The Balaban J connectivity index is 1.47. The van der Waals surface area contributed by atoms with Gasteiger partial charge in [0.25, 0.3) is 5.91 Å². The third kappa shape index (κ3) is 3.69. The molecule has 0 saturated heterocycles. The summed E-state index contributed by atoms with van der Waals surface area (Å²) >= 11 is 0. The second-order valence-electron chi connectivity index (χ2n) is 7.56. The van der Waals surface area contributed by atoms with Gasteiger partial charge in [0.1, 0.15) is 0 Å². The lowest BCUT2D eigenvalue weighted by Crippen LogP contribution is -2.33. The summed E-state index contributed by atoms with van der Waals surface area (Å²) in [6.45, 7) is 4.17. The molecule has 144 valence electrons. The molecule has 1 saturated carbocycles. The van der Waals surface area contributed by atoms with Gasteiger partial charge >= 0.3 is 0 Å². The second-order valence-corrected chi connectivity index (χ2v) is 7.56. The summed E-state index contributed by atoms with van der Waals surface area (Å²) in [4.78, 5) is 23.6. The van der Waals surface area contributed by atoms with Gasteiger partial charge in [0.05, 0.1) is 31.2 Å². The molecule has 1 N–H and O–H groups in total. The van der Waals surface area contributed by atoms with Crippen LogP contribution in [0.4, 0.5) is 0 Å². The minimum Gasteiger partial charge on any atom is -0.481 e. The molecule has 2 aliphatic rings. The third-order valence-electron chi connectivity index (χ3n) is 5.60. The molecule has 1 aliphatic carbocycles. The molecule has 1 amide bonds. The molecule has 7 heteroatoms. The Bertz CT molecular complexity index is 799. The van der Waals surface area contributed by atoms with Crippen molar-refractivity contribution in [1.82, 2.24) is 24.8 Å². The van der Waals surface area contributed by atoms with E-state index in [9.17, 15) is 4.79 Å². The Hall–Kier alpha value is -2.41. The maximum absolute atomic E-state index is 12.9. The van der Waals surface area contributed by atoms with E-state index in [1.807, 2.05) is 28.1 Å². The summed E-state index contributed by atoms with van der Waals surface area (Å²) in [5.74, 6) is 0.733. The van der Waals surface area contributed by atoms with Crippen molar-refractivity contribution in [1.29, 1.82) is 0 Å². The summed E-state index contributed by atoms with van der Waals surface area (Å²) in [7, 11) is 1.64. The lowest BCUT2D eigenvalue weighted by Gasteiger charge is -2.22. The van der Waals surface area contributed by atoms with Crippen molar-refractivity contribution in [2.75, 3.05) is 7.11 Å². The van der Waals surface area contributed by atoms with Crippen LogP contribution in [0.1, 0.15) is 54.2 Å². The van der Waals surface area contributed by atoms with Gasteiger partial charge < -0.3 is 19.5 Å². The lowest BCUT2D eigenvalue weighted by atomic mass is 10.1. The maximum atomic E-state index is 12.9. The van der Waals surface area contributed by atoms with Gasteiger partial charge in [0.2, 0.25) is 5.88 Å². The number of methoxy groups -OCH3 is 1. The highest BCUT2D eigenvalue weighted by Crippen LogP contribution is 2.33. The highest BCUT2D eigenvalue weighted by molar-refractivity contribution is 5.98. The molecular weight excluding hydrogens is 342 g/mol. The van der Waals surface area contributed by atoms with Gasteiger partial charge in [-0.25, -0.2) is 9.97 Å². The fraction of sp³-hybridized carbons (Fsp3) is 0.550. The van der Waals surface area contributed by atoms with Crippen LogP contribution in [0.15, 0.2) is 24.8 Å². The summed E-state index contributed by atoms with van der Waals surface area (Å²) in [5.41, 5.74) is 2.51. The normalized spacial score (nSPS) is 18.1. The van der Waals surface area contributed by atoms with E-state index in [-0.39, 0.29) is 11.9 Å². The van der Waals surface area contributed by atoms with Crippen LogP contribution in [0.5, 0.6) is 5.88 Å². The third-order valence-corrected chi connectivity index (χ3v) is 5.60. The molecule has 1 fully saturated rings. The molecule has 7 nitrogen and oxygen atoms in total. The van der Waals surface area contributed by atoms with E-state index in [2.05, 4.69) is 22.2 Å². The SMILES string of the molecule is COc1nc2c(cc1CN[C@H](C)Cn1ccnc1)C(=O)N(C1CCCC1)C2. The van der Waals surface area contributed by atoms with E-state index >= 15 is 0 Å². The van der Waals surface area contributed by atoms with Crippen molar-refractivity contribution in [2.24, 2.45) is 0 Å². The number of hydrogen-bond donors (Lipinski definition) is 1. The van der Waals surface area contributed by atoms with Gasteiger partial charge in [-0.15, -0.1) is 0 Å². The molecule has 2 aromatic rings. The highest BCUT2D eigenvalue weighted by atomic mass is 16.5. The molecule has 4 rings (SSSR count). The minimum atomic E-state index is 0.125. The number of amides is 1. The topological polar surface area (TPSA) is 72.3 Å². The van der Waals surface area contributed by atoms with Gasteiger partial charge in [0, 0.05) is 43.1 Å². The predicted molar refractivity (Wildman–Crippen MR) is 101 cm³/mol. The summed E-state index contributed by atoms with van der Waals surface area (Å²) < 4.78 is 7.55. The van der Waals surface area contributed by atoms with Crippen molar-refractivity contribution in [2.45, 2.75) is 64.3 Å². The zero-order valence-electron chi connectivity index (χ0n) is 16.0. The lowest BCUT2D eigenvalue weighted by molar-refractivity contribution is 0.0706. The van der Waals surface area contributed by atoms with E-state index in [0.717, 1.165) is 36.2 Å². The Morgan fingerprint density at radius 1 is 1.37 bits per heavy atom. The number of carbonyl (C=O) groups excluding carboxylic acids is 1. The molecule has 1 aliphatic heterocycles. The van der Waals surface area contributed by atoms with E-state index in [1.54, 1.807) is 13.3 Å². The molecule has 0 bridgehead atoms. The van der Waals surface area contributed by atoms with Crippen molar-refractivity contribution in [3.05, 3.63) is 41.6 Å². The second kappa shape index (κ2) is 7.68. The number of hydrogen-bond acceptors (Lipinski definition) is 5. The number of nitrogens with one attached hydrogen (secondary N) is 1.